The van der Waals surface area contributed by atoms with Gasteiger partial charge in [0.05, 0.1) is 13.2 Å². The Bertz CT molecular complexity index is 137. The lowest BCUT2D eigenvalue weighted by molar-refractivity contribution is -0.145. The maximum Gasteiger partial charge on any atom is 0.111 e. The molecule has 5 atom stereocenters. The molecule has 0 aliphatic rings. The third kappa shape index (κ3) is 3.46. The highest BCUT2D eigenvalue weighted by Gasteiger charge is 2.33. The lowest BCUT2D eigenvalue weighted by atomic mass is 10.00. The molecule has 0 spiro atoms. The first kappa shape index (κ1) is 13.7. The van der Waals surface area contributed by atoms with E-state index in [1.165, 1.54) is 0 Å². The molecule has 0 aliphatic heterocycles. The van der Waals surface area contributed by atoms with E-state index >= 15 is 0 Å². The van der Waals surface area contributed by atoms with Crippen LogP contribution < -0.4 is 0 Å². The minimum atomic E-state index is -1.85. The van der Waals surface area contributed by atoms with E-state index < -0.39 is 43.7 Å². The van der Waals surface area contributed by atoms with Crippen molar-refractivity contribution in [1.29, 1.82) is 0 Å². The Labute approximate surface area is 80.5 Å². The van der Waals surface area contributed by atoms with Crippen LogP contribution in [0.5, 0.6) is 0 Å². The first-order valence-corrected chi connectivity index (χ1v) is 4.07. The van der Waals surface area contributed by atoms with Crippen LogP contribution in [0.4, 0.5) is 0 Å². The summed E-state index contributed by atoms with van der Waals surface area (Å²) >= 11 is 0. The van der Waals surface area contributed by atoms with Crippen LogP contribution in [0.1, 0.15) is 0 Å². The van der Waals surface area contributed by atoms with Crippen molar-refractivity contribution in [3.8, 4) is 0 Å². The SMILES string of the molecule is OC[C@@H](O)[C@H](O)C(O)[C@H](O)[C@H](O)CO. The summed E-state index contributed by atoms with van der Waals surface area (Å²) in [5.74, 6) is 0. The van der Waals surface area contributed by atoms with Crippen LogP contribution in [0.25, 0.3) is 0 Å². The van der Waals surface area contributed by atoms with Crippen molar-refractivity contribution in [2.45, 2.75) is 30.5 Å². The number of aliphatic hydroxyl groups is 7. The van der Waals surface area contributed by atoms with E-state index in [2.05, 4.69) is 0 Å². The van der Waals surface area contributed by atoms with Crippen LogP contribution in [0.2, 0.25) is 0 Å². The zero-order chi connectivity index (χ0) is 11.3. The van der Waals surface area contributed by atoms with Crippen LogP contribution in [0, 0.1) is 0 Å². The molecule has 0 rings (SSSR count). The van der Waals surface area contributed by atoms with Crippen LogP contribution in [0.15, 0.2) is 0 Å². The van der Waals surface area contributed by atoms with Gasteiger partial charge in [0.1, 0.15) is 30.5 Å². The standard InChI is InChI=1S/C7H16O7/c8-1-3(10)5(12)7(14)6(13)4(11)2-9/h3-14H,1-2H2/t3-,4-,5-,6+,7?/m1/s1. The second-order valence-electron chi connectivity index (χ2n) is 2.97. The maximum atomic E-state index is 9.15. The molecule has 0 aromatic rings. The molecule has 0 saturated heterocycles. The van der Waals surface area contributed by atoms with E-state index in [0.717, 1.165) is 0 Å². The Morgan fingerprint density at radius 2 is 0.857 bits per heavy atom. The van der Waals surface area contributed by atoms with Gasteiger partial charge < -0.3 is 35.7 Å². The summed E-state index contributed by atoms with van der Waals surface area (Å²) in [4.78, 5) is 0. The third-order valence-electron chi connectivity index (χ3n) is 1.86. The van der Waals surface area contributed by atoms with Gasteiger partial charge in [-0.25, -0.2) is 0 Å². The molecule has 0 aromatic carbocycles. The third-order valence-corrected chi connectivity index (χ3v) is 1.86. The van der Waals surface area contributed by atoms with E-state index in [-0.39, 0.29) is 0 Å². The van der Waals surface area contributed by atoms with Gasteiger partial charge in [0, 0.05) is 0 Å². The van der Waals surface area contributed by atoms with Gasteiger partial charge in [-0.15, -0.1) is 0 Å². The fourth-order valence-corrected chi connectivity index (χ4v) is 0.873. The summed E-state index contributed by atoms with van der Waals surface area (Å²) in [6.07, 6.45) is -8.68. The summed E-state index contributed by atoms with van der Waals surface area (Å²) < 4.78 is 0. The van der Waals surface area contributed by atoms with Gasteiger partial charge in [0.15, 0.2) is 0 Å². The summed E-state index contributed by atoms with van der Waals surface area (Å²) in [7, 11) is 0. The molecule has 0 saturated carbocycles. The van der Waals surface area contributed by atoms with Gasteiger partial charge in [-0.2, -0.15) is 0 Å². The molecule has 0 fully saturated rings. The minimum Gasteiger partial charge on any atom is -0.394 e. The lowest BCUT2D eigenvalue weighted by Crippen LogP contribution is -2.50. The lowest BCUT2D eigenvalue weighted by Gasteiger charge is -2.27. The number of hydrogen-bond acceptors (Lipinski definition) is 7. The van der Waals surface area contributed by atoms with E-state index in [9.17, 15) is 0 Å². The van der Waals surface area contributed by atoms with E-state index in [4.69, 9.17) is 35.7 Å². The molecule has 0 heterocycles. The highest BCUT2D eigenvalue weighted by atomic mass is 16.4. The Kier molecular flexibility index (Phi) is 6.12. The zero-order valence-electron chi connectivity index (χ0n) is 7.43. The van der Waals surface area contributed by atoms with E-state index in [1.54, 1.807) is 0 Å². The Balaban J connectivity index is 4.22. The average molecular weight is 212 g/mol. The summed E-state index contributed by atoms with van der Waals surface area (Å²) in [5.41, 5.74) is 0. The Hall–Kier alpha value is -0.280. The molecule has 0 amide bonds. The van der Waals surface area contributed by atoms with Crippen LogP contribution in [0.3, 0.4) is 0 Å². The highest BCUT2D eigenvalue weighted by Crippen LogP contribution is 2.07. The fourth-order valence-electron chi connectivity index (χ4n) is 0.873. The molecule has 0 aromatic heterocycles. The van der Waals surface area contributed by atoms with Crippen molar-refractivity contribution in [2.24, 2.45) is 0 Å². The van der Waals surface area contributed by atoms with Gasteiger partial charge in [0.2, 0.25) is 0 Å². The molecular formula is C7H16O7. The van der Waals surface area contributed by atoms with E-state index in [1.807, 2.05) is 0 Å². The summed E-state index contributed by atoms with van der Waals surface area (Å²) in [6, 6.07) is 0. The molecule has 7 N–H and O–H groups in total. The number of rotatable bonds is 6. The van der Waals surface area contributed by atoms with Crippen LogP contribution >= 0.6 is 0 Å². The maximum absolute atomic E-state index is 9.15. The normalized spacial score (nSPS) is 22.5. The second-order valence-corrected chi connectivity index (χ2v) is 2.97. The molecule has 0 aliphatic carbocycles. The molecule has 14 heavy (non-hydrogen) atoms. The molecule has 7 heteroatoms. The minimum absolute atomic E-state index is 0.792. The molecular weight excluding hydrogens is 196 g/mol. The van der Waals surface area contributed by atoms with Gasteiger partial charge >= 0.3 is 0 Å². The Morgan fingerprint density at radius 1 is 0.571 bits per heavy atom. The van der Waals surface area contributed by atoms with Crippen LogP contribution in [-0.2, 0) is 0 Å². The highest BCUT2D eigenvalue weighted by molar-refractivity contribution is 4.84. The van der Waals surface area contributed by atoms with Crippen molar-refractivity contribution >= 4 is 0 Å². The number of aliphatic hydroxyl groups excluding tert-OH is 7. The predicted octanol–water partition coefficient (Wildman–Crippen LogP) is -4.22. The first-order chi connectivity index (χ1) is 6.45. The average Bonchev–Trinajstić information content (AvgIpc) is 2.23. The topological polar surface area (TPSA) is 142 Å². The summed E-state index contributed by atoms with van der Waals surface area (Å²) in [6.45, 7) is -1.58. The van der Waals surface area contributed by atoms with E-state index in [0.29, 0.717) is 0 Å². The molecule has 7 nitrogen and oxygen atoms in total. The largest absolute Gasteiger partial charge is 0.394 e. The van der Waals surface area contributed by atoms with Crippen LogP contribution in [-0.4, -0.2) is 79.5 Å². The monoisotopic (exact) mass is 212 g/mol. The van der Waals surface area contributed by atoms with Gasteiger partial charge in [0.25, 0.3) is 0 Å². The molecule has 1 unspecified atom stereocenters. The summed E-state index contributed by atoms with van der Waals surface area (Å²) in [5, 5.41) is 61.9. The second kappa shape index (κ2) is 6.25. The van der Waals surface area contributed by atoms with Gasteiger partial charge in [-0.1, -0.05) is 0 Å². The fraction of sp³-hybridized carbons (Fsp3) is 1.00. The zero-order valence-corrected chi connectivity index (χ0v) is 7.43. The van der Waals surface area contributed by atoms with Crippen molar-refractivity contribution in [3.05, 3.63) is 0 Å². The van der Waals surface area contributed by atoms with Crippen molar-refractivity contribution < 1.29 is 35.7 Å². The molecule has 0 bridgehead atoms. The quantitative estimate of drug-likeness (QED) is 0.236. The molecule has 0 radical (unpaired) electrons. The number of hydrogen-bond donors (Lipinski definition) is 7. The molecule has 86 valence electrons. The predicted molar refractivity (Wildman–Crippen MR) is 44.2 cm³/mol. The van der Waals surface area contributed by atoms with Gasteiger partial charge in [-0.05, 0) is 0 Å². The first-order valence-electron chi connectivity index (χ1n) is 4.07. The van der Waals surface area contributed by atoms with Crippen molar-refractivity contribution in [1.82, 2.24) is 0 Å². The van der Waals surface area contributed by atoms with Crippen molar-refractivity contribution in [2.75, 3.05) is 13.2 Å². The van der Waals surface area contributed by atoms with Crippen molar-refractivity contribution in [3.63, 3.8) is 0 Å². The van der Waals surface area contributed by atoms with Gasteiger partial charge in [-0.3, -0.25) is 0 Å². The smallest absolute Gasteiger partial charge is 0.111 e. The Morgan fingerprint density at radius 3 is 1.07 bits per heavy atom.